The number of benzene rings is 1. The van der Waals surface area contributed by atoms with Crippen molar-refractivity contribution in [2.24, 2.45) is 5.92 Å². The molecule has 0 aromatic heterocycles. The molecule has 3 heteroatoms. The summed E-state index contributed by atoms with van der Waals surface area (Å²) in [7, 11) is 0.0704. The molecule has 0 amide bonds. The lowest BCUT2D eigenvalue weighted by atomic mass is 9.90. The van der Waals surface area contributed by atoms with Gasteiger partial charge in [0.05, 0.1) is 21.1 Å². The first-order valence-electron chi connectivity index (χ1n) is 7.34. The van der Waals surface area contributed by atoms with Crippen LogP contribution in [0, 0.1) is 5.92 Å². The largest absolute Gasteiger partial charge is 0.469 e. The molecule has 0 saturated heterocycles. The summed E-state index contributed by atoms with van der Waals surface area (Å²) >= 11 is 0. The molecule has 2 nitrogen and oxygen atoms in total. The molecule has 20 heavy (non-hydrogen) atoms. The third-order valence-electron chi connectivity index (χ3n) is 4.26. The van der Waals surface area contributed by atoms with Crippen LogP contribution in [0.25, 0.3) is 0 Å². The Labute approximate surface area is 122 Å². The second-order valence-electron chi connectivity index (χ2n) is 6.28. The molecular weight excluding hydrogens is 264 g/mol. The Kier molecular flexibility index (Phi) is 4.81. The van der Waals surface area contributed by atoms with Gasteiger partial charge in [-0.25, -0.2) is 0 Å². The van der Waals surface area contributed by atoms with E-state index in [0.717, 1.165) is 19.3 Å². The molecule has 2 rings (SSSR count). The SMILES string of the molecule is COC(=O)[C@H]1CC=C(C[Si](C)(C)c2ccccc2)CC1. The number of rotatable bonds is 4. The van der Waals surface area contributed by atoms with Crippen LogP contribution in [0.5, 0.6) is 0 Å². The Hall–Kier alpha value is -1.35. The van der Waals surface area contributed by atoms with Crippen LogP contribution < -0.4 is 5.19 Å². The van der Waals surface area contributed by atoms with Crippen LogP contribution in [0.1, 0.15) is 19.3 Å². The fourth-order valence-corrected chi connectivity index (χ4v) is 5.74. The number of carbonyl (C=O) groups excluding carboxylic acids is 1. The standard InChI is InChI=1S/C17H24O2Si/c1-19-17(18)15-11-9-14(10-12-15)13-20(2,3)16-7-5-4-6-8-16/h4-9,15H,10-13H2,1-3H3/t15-/m0/s1. The smallest absolute Gasteiger partial charge is 0.308 e. The van der Waals surface area contributed by atoms with Crippen LogP contribution in [0.3, 0.4) is 0 Å². The van der Waals surface area contributed by atoms with Crippen molar-refractivity contribution in [3.63, 3.8) is 0 Å². The van der Waals surface area contributed by atoms with Crippen LogP contribution in [-0.4, -0.2) is 21.2 Å². The molecule has 0 spiro atoms. The Morgan fingerprint density at radius 3 is 2.55 bits per heavy atom. The van der Waals surface area contributed by atoms with Gasteiger partial charge in [0.1, 0.15) is 0 Å². The molecule has 0 fully saturated rings. The Balaban J connectivity index is 2.01. The first-order chi connectivity index (χ1) is 9.53. The minimum absolute atomic E-state index is 0.0557. The van der Waals surface area contributed by atoms with Crippen LogP contribution >= 0.6 is 0 Å². The van der Waals surface area contributed by atoms with Gasteiger partial charge in [-0.3, -0.25) is 4.79 Å². The lowest BCUT2D eigenvalue weighted by Crippen LogP contribution is -2.41. The summed E-state index contributed by atoms with van der Waals surface area (Å²) < 4.78 is 4.84. The van der Waals surface area contributed by atoms with Gasteiger partial charge in [-0.1, -0.05) is 60.3 Å². The van der Waals surface area contributed by atoms with E-state index < -0.39 is 8.07 Å². The van der Waals surface area contributed by atoms with Crippen molar-refractivity contribution in [2.75, 3.05) is 7.11 Å². The summed E-state index contributed by atoms with van der Waals surface area (Å²) in [5.41, 5.74) is 1.53. The number of carbonyl (C=O) groups is 1. The summed E-state index contributed by atoms with van der Waals surface area (Å²) in [6.45, 7) is 4.85. The fraction of sp³-hybridized carbons (Fsp3) is 0.471. The van der Waals surface area contributed by atoms with E-state index in [2.05, 4.69) is 49.5 Å². The van der Waals surface area contributed by atoms with E-state index in [1.165, 1.54) is 23.9 Å². The number of hydrogen-bond donors (Lipinski definition) is 0. The molecule has 1 atom stereocenters. The predicted molar refractivity (Wildman–Crippen MR) is 85.8 cm³/mol. The lowest BCUT2D eigenvalue weighted by Gasteiger charge is -2.27. The molecular formula is C17H24O2Si. The lowest BCUT2D eigenvalue weighted by molar-refractivity contribution is -0.145. The minimum Gasteiger partial charge on any atom is -0.469 e. The zero-order valence-corrected chi connectivity index (χ0v) is 13.7. The predicted octanol–water partition coefficient (Wildman–Crippen LogP) is 3.50. The van der Waals surface area contributed by atoms with E-state index in [-0.39, 0.29) is 11.9 Å². The zero-order chi connectivity index (χ0) is 14.6. The molecule has 0 bridgehead atoms. The van der Waals surface area contributed by atoms with Gasteiger partial charge in [-0.05, 0) is 25.3 Å². The van der Waals surface area contributed by atoms with E-state index >= 15 is 0 Å². The first-order valence-corrected chi connectivity index (χ1v) is 10.5. The Bertz CT molecular complexity index is 491. The van der Waals surface area contributed by atoms with Crippen molar-refractivity contribution < 1.29 is 9.53 Å². The van der Waals surface area contributed by atoms with Gasteiger partial charge in [0.25, 0.3) is 0 Å². The van der Waals surface area contributed by atoms with Crippen molar-refractivity contribution in [2.45, 2.75) is 38.4 Å². The molecule has 108 valence electrons. The highest BCUT2D eigenvalue weighted by Crippen LogP contribution is 2.29. The van der Waals surface area contributed by atoms with Gasteiger partial charge in [-0.2, -0.15) is 0 Å². The number of esters is 1. The highest BCUT2D eigenvalue weighted by Gasteiger charge is 2.28. The summed E-state index contributed by atoms with van der Waals surface area (Å²) in [5, 5.41) is 1.51. The zero-order valence-electron chi connectivity index (χ0n) is 12.7. The van der Waals surface area contributed by atoms with E-state index in [0.29, 0.717) is 0 Å². The normalized spacial score (nSPS) is 19.4. The highest BCUT2D eigenvalue weighted by atomic mass is 28.3. The molecule has 0 heterocycles. The van der Waals surface area contributed by atoms with Gasteiger partial charge in [-0.15, -0.1) is 0 Å². The highest BCUT2D eigenvalue weighted by molar-refractivity contribution is 6.90. The second kappa shape index (κ2) is 6.40. The molecule has 1 aromatic rings. The summed E-state index contributed by atoms with van der Waals surface area (Å²) in [5.74, 6) is 0.0186. The van der Waals surface area contributed by atoms with Crippen LogP contribution in [0.15, 0.2) is 42.0 Å². The molecule has 0 aliphatic heterocycles. The fourth-order valence-electron chi connectivity index (χ4n) is 2.99. The molecule has 1 aliphatic rings. The van der Waals surface area contributed by atoms with E-state index in [1.807, 2.05) is 0 Å². The molecule has 0 unspecified atom stereocenters. The second-order valence-corrected chi connectivity index (χ2v) is 11.0. The Morgan fingerprint density at radius 2 is 2.00 bits per heavy atom. The molecule has 0 N–H and O–H groups in total. The maximum atomic E-state index is 11.5. The quantitative estimate of drug-likeness (QED) is 0.481. The van der Waals surface area contributed by atoms with Crippen molar-refractivity contribution in [3.05, 3.63) is 42.0 Å². The van der Waals surface area contributed by atoms with Gasteiger partial charge in [0.2, 0.25) is 0 Å². The van der Waals surface area contributed by atoms with Gasteiger partial charge in [0, 0.05) is 0 Å². The third kappa shape index (κ3) is 3.60. The van der Waals surface area contributed by atoms with Crippen molar-refractivity contribution >= 4 is 19.2 Å². The number of allylic oxidation sites excluding steroid dienone is 2. The van der Waals surface area contributed by atoms with Crippen LogP contribution in [0.4, 0.5) is 0 Å². The maximum Gasteiger partial charge on any atom is 0.308 e. The first kappa shape index (κ1) is 15.0. The van der Waals surface area contributed by atoms with Gasteiger partial charge < -0.3 is 4.74 Å². The number of hydrogen-bond acceptors (Lipinski definition) is 2. The van der Waals surface area contributed by atoms with Crippen molar-refractivity contribution in [1.29, 1.82) is 0 Å². The summed E-state index contributed by atoms with van der Waals surface area (Å²) in [6, 6.07) is 12.1. The number of ether oxygens (including phenoxy) is 1. The number of methoxy groups -OCH3 is 1. The van der Waals surface area contributed by atoms with Crippen molar-refractivity contribution in [3.8, 4) is 0 Å². The third-order valence-corrected chi connectivity index (χ3v) is 7.50. The van der Waals surface area contributed by atoms with E-state index in [4.69, 9.17) is 4.74 Å². The molecule has 0 saturated carbocycles. The van der Waals surface area contributed by atoms with Gasteiger partial charge in [0.15, 0.2) is 0 Å². The van der Waals surface area contributed by atoms with Crippen LogP contribution in [-0.2, 0) is 9.53 Å². The monoisotopic (exact) mass is 288 g/mol. The minimum atomic E-state index is -1.41. The molecule has 1 aromatic carbocycles. The van der Waals surface area contributed by atoms with E-state index in [1.54, 1.807) is 0 Å². The molecule has 0 radical (unpaired) electrons. The maximum absolute atomic E-state index is 11.5. The summed E-state index contributed by atoms with van der Waals surface area (Å²) in [6.07, 6.45) is 5.12. The summed E-state index contributed by atoms with van der Waals surface area (Å²) in [4.78, 5) is 11.5. The van der Waals surface area contributed by atoms with Crippen molar-refractivity contribution in [1.82, 2.24) is 0 Å². The van der Waals surface area contributed by atoms with Crippen LogP contribution in [0.2, 0.25) is 19.1 Å². The average Bonchev–Trinajstić information content (AvgIpc) is 2.48. The Morgan fingerprint density at radius 1 is 1.30 bits per heavy atom. The van der Waals surface area contributed by atoms with Gasteiger partial charge >= 0.3 is 5.97 Å². The average molecular weight is 288 g/mol. The molecule has 1 aliphatic carbocycles. The topological polar surface area (TPSA) is 26.3 Å². The van der Waals surface area contributed by atoms with E-state index in [9.17, 15) is 4.79 Å².